The van der Waals surface area contributed by atoms with Gasteiger partial charge in [0.2, 0.25) is 5.91 Å². The molecule has 1 amide bonds. The summed E-state index contributed by atoms with van der Waals surface area (Å²) in [4.78, 5) is 29.2. The second-order valence-electron chi connectivity index (χ2n) is 8.86. The topological polar surface area (TPSA) is 107 Å². The Labute approximate surface area is 170 Å². The van der Waals surface area contributed by atoms with E-state index >= 15 is 0 Å². The minimum Gasteiger partial charge on any atom is -0.477 e. The first-order valence-electron chi connectivity index (χ1n) is 10.4. The molecule has 0 radical (unpaired) electrons. The minimum atomic E-state index is -1.04. The van der Waals surface area contributed by atoms with Crippen molar-refractivity contribution in [2.45, 2.75) is 75.4 Å². The van der Waals surface area contributed by atoms with E-state index in [1.807, 2.05) is 6.92 Å². The lowest BCUT2D eigenvalue weighted by atomic mass is 9.79. The van der Waals surface area contributed by atoms with Crippen molar-refractivity contribution in [3.05, 3.63) is 10.6 Å². The molecule has 2 saturated heterocycles. The van der Waals surface area contributed by atoms with Crippen LogP contribution in [-0.4, -0.2) is 74.5 Å². The van der Waals surface area contributed by atoms with Crippen molar-refractivity contribution in [3.8, 4) is 0 Å². The summed E-state index contributed by atoms with van der Waals surface area (Å²) in [5.74, 6) is -1.83. The first-order chi connectivity index (χ1) is 13.3. The molecule has 1 saturated carbocycles. The number of carbonyl (C=O) groups excluding carboxylic acids is 1. The van der Waals surface area contributed by atoms with Crippen LogP contribution in [-0.2, 0) is 9.59 Å². The molecule has 3 aliphatic heterocycles. The average molecular weight is 410 g/mol. The molecule has 0 unspecified atom stereocenters. The number of carboxylic acids is 1. The van der Waals surface area contributed by atoms with Crippen LogP contribution in [0.25, 0.3) is 0 Å². The molecule has 0 aromatic heterocycles. The summed E-state index contributed by atoms with van der Waals surface area (Å²) in [5.41, 5.74) is 6.18. The van der Waals surface area contributed by atoms with E-state index in [4.69, 9.17) is 5.73 Å². The average Bonchev–Trinajstić information content (AvgIpc) is 3.18. The number of nitrogens with zero attached hydrogens (tertiary/aromatic N) is 2. The second-order valence-corrected chi connectivity index (χ2v) is 10.2. The Kier molecular flexibility index (Phi) is 5.50. The molecule has 3 heterocycles. The fourth-order valence-electron chi connectivity index (χ4n) is 5.51. The Bertz CT molecular complexity index is 689. The van der Waals surface area contributed by atoms with E-state index in [-0.39, 0.29) is 23.6 Å². The van der Waals surface area contributed by atoms with Gasteiger partial charge in [0.15, 0.2) is 0 Å². The van der Waals surface area contributed by atoms with E-state index in [9.17, 15) is 19.8 Å². The molecule has 0 bridgehead atoms. The molecule has 0 aromatic rings. The van der Waals surface area contributed by atoms with Gasteiger partial charge < -0.3 is 20.8 Å². The van der Waals surface area contributed by atoms with Gasteiger partial charge in [-0.1, -0.05) is 6.92 Å². The highest BCUT2D eigenvalue weighted by Gasteiger charge is 2.60. The molecule has 3 fully saturated rings. The van der Waals surface area contributed by atoms with E-state index in [1.165, 1.54) is 4.90 Å². The third-order valence-corrected chi connectivity index (χ3v) is 8.58. The number of amides is 1. The van der Waals surface area contributed by atoms with Gasteiger partial charge in [-0.15, -0.1) is 11.8 Å². The summed E-state index contributed by atoms with van der Waals surface area (Å²) in [6.45, 7) is 5.62. The predicted octanol–water partition coefficient (Wildman–Crippen LogP) is 1.22. The molecule has 28 heavy (non-hydrogen) atoms. The highest BCUT2D eigenvalue weighted by atomic mass is 32.2. The summed E-state index contributed by atoms with van der Waals surface area (Å²) in [6.07, 6.45) is 4.76. The zero-order valence-electron chi connectivity index (χ0n) is 16.6. The van der Waals surface area contributed by atoms with Crippen LogP contribution in [0.5, 0.6) is 0 Å². The van der Waals surface area contributed by atoms with Crippen molar-refractivity contribution in [2.24, 2.45) is 17.6 Å². The van der Waals surface area contributed by atoms with Crippen LogP contribution in [0, 0.1) is 11.8 Å². The third-order valence-electron chi connectivity index (χ3n) is 7.04. The molecule has 4 rings (SSSR count). The van der Waals surface area contributed by atoms with Gasteiger partial charge >= 0.3 is 5.97 Å². The fourth-order valence-corrected chi connectivity index (χ4v) is 7.01. The van der Waals surface area contributed by atoms with Crippen LogP contribution in [0.2, 0.25) is 0 Å². The second kappa shape index (κ2) is 7.63. The Hall–Kier alpha value is -1.09. The number of thioether (sulfide) groups is 1. The first-order valence-corrected chi connectivity index (χ1v) is 11.3. The third kappa shape index (κ3) is 3.28. The predicted molar refractivity (Wildman–Crippen MR) is 107 cm³/mol. The van der Waals surface area contributed by atoms with Gasteiger partial charge in [-0.2, -0.15) is 0 Å². The number of carboxylic acid groups (broad SMARTS) is 1. The maximum Gasteiger partial charge on any atom is 0.353 e. The maximum absolute atomic E-state index is 12.5. The van der Waals surface area contributed by atoms with E-state index in [0.29, 0.717) is 17.3 Å². The molecule has 156 valence electrons. The van der Waals surface area contributed by atoms with Crippen molar-refractivity contribution < 1.29 is 19.8 Å². The number of nitrogens with two attached hydrogens (primary N) is 1. The minimum absolute atomic E-state index is 0.0462. The van der Waals surface area contributed by atoms with E-state index in [2.05, 4.69) is 4.90 Å². The SMILES string of the molecule is C[C@@H](O)[C@H]1C(=O)N2C(C(=O)O)=C(S[C@@H]3CCN([C@H]4CC[C@@H](N)CC4)C3)[C@H](C)[C@H]12. The van der Waals surface area contributed by atoms with Crippen molar-refractivity contribution >= 4 is 23.6 Å². The number of β-lactam (4-membered cyclic amide) rings is 1. The quantitative estimate of drug-likeness (QED) is 0.586. The number of aliphatic hydroxyl groups is 1. The normalized spacial score (nSPS) is 39.9. The molecule has 4 N–H and O–H groups in total. The number of fused-ring (bicyclic) bond motifs is 1. The molecular formula is C20H31N3O4S. The van der Waals surface area contributed by atoms with Crippen LogP contribution < -0.4 is 5.73 Å². The highest BCUT2D eigenvalue weighted by Crippen LogP contribution is 2.52. The van der Waals surface area contributed by atoms with Gasteiger partial charge in [0.25, 0.3) is 0 Å². The van der Waals surface area contributed by atoms with Crippen molar-refractivity contribution in [1.82, 2.24) is 9.80 Å². The number of rotatable bonds is 5. The molecule has 4 aliphatic rings. The van der Waals surface area contributed by atoms with Gasteiger partial charge in [0, 0.05) is 34.7 Å². The number of hydrogen-bond acceptors (Lipinski definition) is 6. The number of likely N-dealkylation sites (tertiary alicyclic amines) is 1. The molecule has 7 nitrogen and oxygen atoms in total. The summed E-state index contributed by atoms with van der Waals surface area (Å²) < 4.78 is 0. The van der Waals surface area contributed by atoms with E-state index < -0.39 is 18.0 Å². The fraction of sp³-hybridized carbons (Fsp3) is 0.800. The smallest absolute Gasteiger partial charge is 0.353 e. The number of hydrogen-bond donors (Lipinski definition) is 3. The Balaban J connectivity index is 1.45. The van der Waals surface area contributed by atoms with Crippen molar-refractivity contribution in [3.63, 3.8) is 0 Å². The first kappa shape index (κ1) is 20.2. The van der Waals surface area contributed by atoms with Gasteiger partial charge in [-0.25, -0.2) is 4.79 Å². The van der Waals surface area contributed by atoms with Crippen molar-refractivity contribution in [2.75, 3.05) is 13.1 Å². The van der Waals surface area contributed by atoms with Gasteiger partial charge in [0.1, 0.15) is 5.70 Å². The lowest BCUT2D eigenvalue weighted by Gasteiger charge is -2.46. The summed E-state index contributed by atoms with van der Waals surface area (Å²) in [5, 5.41) is 20.1. The zero-order chi connectivity index (χ0) is 20.2. The van der Waals surface area contributed by atoms with Crippen LogP contribution >= 0.6 is 11.8 Å². The Morgan fingerprint density at radius 1 is 1.25 bits per heavy atom. The van der Waals surface area contributed by atoms with Gasteiger partial charge in [0.05, 0.1) is 18.1 Å². The lowest BCUT2D eigenvalue weighted by Crippen LogP contribution is -2.63. The van der Waals surface area contributed by atoms with Crippen LogP contribution in [0.4, 0.5) is 0 Å². The monoisotopic (exact) mass is 409 g/mol. The standard InChI is InChI=1S/C20H31N3O4S/c1-10-16-15(11(2)24)19(25)23(16)17(20(26)27)18(10)28-14-7-8-22(9-14)13-5-3-12(21)4-6-13/h10-16,24H,3-9,21H2,1-2H3,(H,26,27)/t10-,11-,12-,13+,14-,15-,16-/m1/s1. The largest absolute Gasteiger partial charge is 0.477 e. The summed E-state index contributed by atoms with van der Waals surface area (Å²) >= 11 is 1.65. The number of aliphatic carboxylic acids is 1. The molecule has 1 aliphatic carbocycles. The molecular weight excluding hydrogens is 378 g/mol. The maximum atomic E-state index is 12.5. The zero-order valence-corrected chi connectivity index (χ0v) is 17.4. The lowest BCUT2D eigenvalue weighted by molar-refractivity contribution is -0.163. The van der Waals surface area contributed by atoms with Crippen LogP contribution in [0.15, 0.2) is 10.6 Å². The van der Waals surface area contributed by atoms with Gasteiger partial charge in [-0.05, 0) is 45.6 Å². The summed E-state index contributed by atoms with van der Waals surface area (Å²) in [7, 11) is 0. The highest BCUT2D eigenvalue weighted by molar-refractivity contribution is 8.03. The van der Waals surface area contributed by atoms with Crippen LogP contribution in [0.3, 0.4) is 0 Å². The van der Waals surface area contributed by atoms with Crippen LogP contribution in [0.1, 0.15) is 46.0 Å². The molecule has 5 atom stereocenters. The number of carbonyl (C=O) groups is 2. The van der Waals surface area contributed by atoms with Gasteiger partial charge in [-0.3, -0.25) is 9.69 Å². The molecule has 0 spiro atoms. The van der Waals surface area contributed by atoms with Crippen molar-refractivity contribution in [1.29, 1.82) is 0 Å². The number of aliphatic hydroxyl groups excluding tert-OH is 1. The molecule has 8 heteroatoms. The summed E-state index contributed by atoms with van der Waals surface area (Å²) in [6, 6.07) is 0.717. The molecule has 0 aromatic carbocycles. The van der Waals surface area contributed by atoms with E-state index in [0.717, 1.165) is 50.1 Å². The Morgan fingerprint density at radius 2 is 1.93 bits per heavy atom. The van der Waals surface area contributed by atoms with E-state index in [1.54, 1.807) is 18.7 Å². The Morgan fingerprint density at radius 3 is 2.54 bits per heavy atom.